The Morgan fingerprint density at radius 1 is 1.19 bits per heavy atom. The minimum atomic E-state index is -0.0785. The highest BCUT2D eigenvalue weighted by Crippen LogP contribution is 2.17. The molecule has 0 unspecified atom stereocenters. The first-order valence-corrected chi connectivity index (χ1v) is 5.65. The molecule has 0 saturated heterocycles. The standard InChI is InChI=1S/C14H18O2/c1-5-11-6-7-12(10(4)15)13(8-11)14(16)9(2)3/h6-9H,5H2,1-4H3. The van der Waals surface area contributed by atoms with Crippen LogP contribution < -0.4 is 0 Å². The first-order chi connectivity index (χ1) is 7.47. The Balaban J connectivity index is 3.31. The average molecular weight is 218 g/mol. The molecule has 86 valence electrons. The molecule has 0 aromatic heterocycles. The molecule has 0 bridgehead atoms. The molecule has 0 N–H and O–H groups in total. The van der Waals surface area contributed by atoms with Gasteiger partial charge in [0.1, 0.15) is 0 Å². The molecule has 1 aromatic carbocycles. The second kappa shape index (κ2) is 5.06. The molecule has 0 radical (unpaired) electrons. The van der Waals surface area contributed by atoms with Gasteiger partial charge in [-0.25, -0.2) is 0 Å². The van der Waals surface area contributed by atoms with E-state index in [0.29, 0.717) is 11.1 Å². The monoisotopic (exact) mass is 218 g/mol. The molecule has 2 nitrogen and oxygen atoms in total. The summed E-state index contributed by atoms with van der Waals surface area (Å²) in [6.07, 6.45) is 0.872. The van der Waals surface area contributed by atoms with Crippen LogP contribution in [0, 0.1) is 5.92 Å². The molecule has 0 aliphatic rings. The highest BCUT2D eigenvalue weighted by Gasteiger charge is 2.17. The fourth-order valence-electron chi connectivity index (χ4n) is 1.63. The zero-order chi connectivity index (χ0) is 12.3. The van der Waals surface area contributed by atoms with Crippen LogP contribution in [-0.4, -0.2) is 11.6 Å². The van der Waals surface area contributed by atoms with Crippen molar-refractivity contribution >= 4 is 11.6 Å². The lowest BCUT2D eigenvalue weighted by Crippen LogP contribution is -2.13. The summed E-state index contributed by atoms with van der Waals surface area (Å²) in [6.45, 7) is 7.24. The molecule has 1 rings (SSSR count). The Hall–Kier alpha value is -1.44. The van der Waals surface area contributed by atoms with Gasteiger partial charge in [-0.2, -0.15) is 0 Å². The molecule has 2 heteroatoms. The molecule has 0 heterocycles. The number of hydrogen-bond donors (Lipinski definition) is 0. The van der Waals surface area contributed by atoms with Crippen molar-refractivity contribution in [2.45, 2.75) is 34.1 Å². The molecule has 0 fully saturated rings. The third kappa shape index (κ3) is 2.57. The zero-order valence-electron chi connectivity index (χ0n) is 10.3. The lowest BCUT2D eigenvalue weighted by Gasteiger charge is -2.10. The smallest absolute Gasteiger partial charge is 0.166 e. The van der Waals surface area contributed by atoms with Gasteiger partial charge in [0.2, 0.25) is 0 Å². The summed E-state index contributed by atoms with van der Waals surface area (Å²) in [4.78, 5) is 23.4. The van der Waals surface area contributed by atoms with Gasteiger partial charge >= 0.3 is 0 Å². The Bertz CT molecular complexity index is 417. The Labute approximate surface area is 96.7 Å². The molecule has 0 aliphatic heterocycles. The SMILES string of the molecule is CCc1ccc(C(C)=O)c(C(=O)C(C)C)c1. The third-order valence-corrected chi connectivity index (χ3v) is 2.66. The van der Waals surface area contributed by atoms with Gasteiger partial charge in [-0.1, -0.05) is 32.9 Å². The van der Waals surface area contributed by atoms with E-state index < -0.39 is 0 Å². The maximum Gasteiger partial charge on any atom is 0.166 e. The number of hydrogen-bond acceptors (Lipinski definition) is 2. The van der Waals surface area contributed by atoms with Crippen molar-refractivity contribution in [1.82, 2.24) is 0 Å². The quantitative estimate of drug-likeness (QED) is 0.727. The fourth-order valence-corrected chi connectivity index (χ4v) is 1.63. The highest BCUT2D eigenvalue weighted by molar-refractivity contribution is 6.08. The van der Waals surface area contributed by atoms with Gasteiger partial charge in [-0.05, 0) is 25.0 Å². The van der Waals surface area contributed by atoms with Crippen LogP contribution in [0.15, 0.2) is 18.2 Å². The van der Waals surface area contributed by atoms with Crippen molar-refractivity contribution in [2.75, 3.05) is 0 Å². The molecule has 0 spiro atoms. The van der Waals surface area contributed by atoms with Crippen molar-refractivity contribution in [3.63, 3.8) is 0 Å². The van der Waals surface area contributed by atoms with Crippen LogP contribution in [0.2, 0.25) is 0 Å². The number of ketones is 2. The predicted molar refractivity (Wildman–Crippen MR) is 65.0 cm³/mol. The van der Waals surface area contributed by atoms with Crippen LogP contribution in [-0.2, 0) is 6.42 Å². The van der Waals surface area contributed by atoms with E-state index in [2.05, 4.69) is 0 Å². The second-order valence-electron chi connectivity index (χ2n) is 4.31. The highest BCUT2D eigenvalue weighted by atomic mass is 16.1. The maximum absolute atomic E-state index is 12.0. The van der Waals surface area contributed by atoms with Crippen molar-refractivity contribution in [3.05, 3.63) is 34.9 Å². The molecule has 0 aliphatic carbocycles. The summed E-state index contributed by atoms with van der Waals surface area (Å²) < 4.78 is 0. The Kier molecular flexibility index (Phi) is 3.99. The molecular weight excluding hydrogens is 200 g/mol. The molecule has 0 amide bonds. The number of rotatable bonds is 4. The van der Waals surface area contributed by atoms with Gasteiger partial charge in [0.25, 0.3) is 0 Å². The van der Waals surface area contributed by atoms with Gasteiger partial charge < -0.3 is 0 Å². The van der Waals surface area contributed by atoms with E-state index in [9.17, 15) is 9.59 Å². The zero-order valence-corrected chi connectivity index (χ0v) is 10.3. The van der Waals surface area contributed by atoms with E-state index in [1.54, 1.807) is 6.07 Å². The van der Waals surface area contributed by atoms with Crippen molar-refractivity contribution in [2.24, 2.45) is 5.92 Å². The summed E-state index contributed by atoms with van der Waals surface area (Å²) in [5.74, 6) is -0.0858. The molecule has 0 atom stereocenters. The van der Waals surface area contributed by atoms with Crippen LogP contribution in [0.4, 0.5) is 0 Å². The first-order valence-electron chi connectivity index (χ1n) is 5.65. The second-order valence-corrected chi connectivity index (χ2v) is 4.31. The van der Waals surface area contributed by atoms with E-state index in [1.807, 2.05) is 32.9 Å². The van der Waals surface area contributed by atoms with Crippen LogP contribution in [0.25, 0.3) is 0 Å². The third-order valence-electron chi connectivity index (χ3n) is 2.66. The lowest BCUT2D eigenvalue weighted by atomic mass is 9.92. The van der Waals surface area contributed by atoms with E-state index in [0.717, 1.165) is 12.0 Å². The van der Waals surface area contributed by atoms with E-state index >= 15 is 0 Å². The molecule has 0 saturated carbocycles. The van der Waals surface area contributed by atoms with Crippen molar-refractivity contribution in [1.29, 1.82) is 0 Å². The minimum Gasteiger partial charge on any atom is -0.294 e. The maximum atomic E-state index is 12.0. The fraction of sp³-hybridized carbons (Fsp3) is 0.429. The van der Waals surface area contributed by atoms with Crippen LogP contribution >= 0.6 is 0 Å². The molecular formula is C14H18O2. The first kappa shape index (κ1) is 12.6. The summed E-state index contributed by atoms with van der Waals surface area (Å²) in [7, 11) is 0. The van der Waals surface area contributed by atoms with Crippen molar-refractivity contribution < 1.29 is 9.59 Å². The number of Topliss-reactive ketones (excluding diaryl/α,β-unsaturated/α-hetero) is 2. The summed E-state index contributed by atoms with van der Waals surface area (Å²) in [5, 5.41) is 0. The van der Waals surface area contributed by atoms with Gasteiger partial charge in [-0.3, -0.25) is 9.59 Å². The normalized spacial score (nSPS) is 10.6. The van der Waals surface area contributed by atoms with Gasteiger partial charge in [0, 0.05) is 17.0 Å². The van der Waals surface area contributed by atoms with E-state index in [1.165, 1.54) is 6.92 Å². The number of benzene rings is 1. The van der Waals surface area contributed by atoms with Gasteiger partial charge in [0.05, 0.1) is 0 Å². The summed E-state index contributed by atoms with van der Waals surface area (Å²) >= 11 is 0. The Morgan fingerprint density at radius 2 is 1.81 bits per heavy atom. The Morgan fingerprint density at radius 3 is 2.25 bits per heavy atom. The number of carbonyl (C=O) groups is 2. The predicted octanol–water partition coefficient (Wildman–Crippen LogP) is 3.29. The van der Waals surface area contributed by atoms with E-state index in [4.69, 9.17) is 0 Å². The van der Waals surface area contributed by atoms with Gasteiger partial charge in [-0.15, -0.1) is 0 Å². The number of carbonyl (C=O) groups excluding carboxylic acids is 2. The van der Waals surface area contributed by atoms with E-state index in [-0.39, 0.29) is 17.5 Å². The van der Waals surface area contributed by atoms with Crippen LogP contribution in [0.5, 0.6) is 0 Å². The summed E-state index contributed by atoms with van der Waals surface area (Å²) in [5.41, 5.74) is 2.20. The van der Waals surface area contributed by atoms with Crippen LogP contribution in [0.1, 0.15) is 54.0 Å². The largest absolute Gasteiger partial charge is 0.294 e. The minimum absolute atomic E-state index is 0.0421. The average Bonchev–Trinajstić information content (AvgIpc) is 2.26. The summed E-state index contributed by atoms with van der Waals surface area (Å²) in [6, 6.07) is 5.52. The van der Waals surface area contributed by atoms with Crippen molar-refractivity contribution in [3.8, 4) is 0 Å². The molecule has 1 aromatic rings. The van der Waals surface area contributed by atoms with Gasteiger partial charge in [0.15, 0.2) is 11.6 Å². The lowest BCUT2D eigenvalue weighted by molar-refractivity contribution is 0.0926. The van der Waals surface area contributed by atoms with Crippen LogP contribution in [0.3, 0.4) is 0 Å². The topological polar surface area (TPSA) is 34.1 Å². The number of aryl methyl sites for hydroxylation is 1. The molecule has 16 heavy (non-hydrogen) atoms.